The molecule has 0 aliphatic heterocycles. The maximum absolute atomic E-state index is 11.8. The first-order valence-electron chi connectivity index (χ1n) is 5.52. The Morgan fingerprint density at radius 1 is 1.21 bits per heavy atom. The summed E-state index contributed by atoms with van der Waals surface area (Å²) in [6.07, 6.45) is 4.49. The summed E-state index contributed by atoms with van der Waals surface area (Å²) in [6, 6.07) is 6.32. The van der Waals surface area contributed by atoms with E-state index in [0.29, 0.717) is 11.3 Å². The van der Waals surface area contributed by atoms with Gasteiger partial charge in [-0.3, -0.25) is 0 Å². The van der Waals surface area contributed by atoms with Crippen molar-refractivity contribution in [1.82, 2.24) is 4.57 Å². The van der Waals surface area contributed by atoms with Crippen molar-refractivity contribution >= 4 is 15.8 Å². The first-order valence-corrected chi connectivity index (χ1v) is 7.41. The van der Waals surface area contributed by atoms with Crippen LogP contribution in [0, 0.1) is 6.92 Å². The van der Waals surface area contributed by atoms with Crippen LogP contribution in [0.15, 0.2) is 41.6 Å². The molecule has 1 N–H and O–H groups in total. The number of carboxylic acids is 1. The summed E-state index contributed by atoms with van der Waals surface area (Å²) in [7, 11) is -3.52. The highest BCUT2D eigenvalue weighted by atomic mass is 32.2. The van der Waals surface area contributed by atoms with Gasteiger partial charge in [0.05, 0.1) is 16.1 Å². The van der Waals surface area contributed by atoms with Gasteiger partial charge in [0.2, 0.25) is 0 Å². The molecule has 0 radical (unpaired) electrons. The number of aromatic nitrogens is 1. The number of rotatable bonds is 3. The average Bonchev–Trinajstić information content (AvgIpc) is 2.79. The molecule has 0 saturated carbocycles. The Hall–Kier alpha value is -2.08. The van der Waals surface area contributed by atoms with Gasteiger partial charge in [0.15, 0.2) is 9.84 Å². The molecule has 1 aromatic carbocycles. The number of hydrogen-bond donors (Lipinski definition) is 1. The molecular formula is C13H13NO4S. The number of aromatic carboxylic acids is 1. The van der Waals surface area contributed by atoms with Gasteiger partial charge in [-0.15, -0.1) is 0 Å². The monoisotopic (exact) mass is 279 g/mol. The summed E-state index contributed by atoms with van der Waals surface area (Å²) in [4.78, 5) is 11.1. The van der Waals surface area contributed by atoms with Gasteiger partial charge in [0.1, 0.15) is 0 Å². The zero-order valence-electron chi connectivity index (χ0n) is 10.5. The second-order valence-electron chi connectivity index (χ2n) is 4.30. The minimum atomic E-state index is -3.52. The van der Waals surface area contributed by atoms with Gasteiger partial charge in [-0.1, -0.05) is 0 Å². The maximum atomic E-state index is 11.8. The van der Waals surface area contributed by atoms with Crippen LogP contribution in [0.3, 0.4) is 0 Å². The van der Waals surface area contributed by atoms with Crippen molar-refractivity contribution in [2.45, 2.75) is 11.8 Å². The maximum Gasteiger partial charge on any atom is 0.335 e. The van der Waals surface area contributed by atoms with E-state index in [1.807, 2.05) is 0 Å². The lowest BCUT2D eigenvalue weighted by Crippen LogP contribution is -2.09. The van der Waals surface area contributed by atoms with Gasteiger partial charge in [-0.05, 0) is 36.8 Å². The normalized spacial score (nSPS) is 11.5. The third kappa shape index (κ3) is 2.53. The predicted molar refractivity (Wildman–Crippen MR) is 70.6 cm³/mol. The topological polar surface area (TPSA) is 76.4 Å². The number of aryl methyl sites for hydroxylation is 1. The fourth-order valence-corrected chi connectivity index (χ4v) is 2.77. The Morgan fingerprint density at radius 3 is 2.26 bits per heavy atom. The fraction of sp³-hybridized carbons (Fsp3) is 0.154. The standard InChI is InChI=1S/C13H13NO4S/c1-9-7-11(14-5-3-4-6-14)12(19(2,17)18)8-10(9)13(15)16/h3-8H,1-2H3,(H,15,16). The number of benzene rings is 1. The van der Waals surface area contributed by atoms with Crippen LogP contribution >= 0.6 is 0 Å². The molecule has 0 spiro atoms. The van der Waals surface area contributed by atoms with Gasteiger partial charge < -0.3 is 9.67 Å². The lowest BCUT2D eigenvalue weighted by molar-refractivity contribution is 0.0696. The summed E-state index contributed by atoms with van der Waals surface area (Å²) in [6.45, 7) is 1.64. The van der Waals surface area contributed by atoms with Crippen LogP contribution in [0.1, 0.15) is 15.9 Å². The van der Waals surface area contributed by atoms with E-state index in [4.69, 9.17) is 5.11 Å². The first kappa shape index (κ1) is 13.4. The van der Waals surface area contributed by atoms with E-state index in [9.17, 15) is 13.2 Å². The van der Waals surface area contributed by atoms with E-state index in [0.717, 1.165) is 6.26 Å². The largest absolute Gasteiger partial charge is 0.478 e. The molecule has 0 bridgehead atoms. The van der Waals surface area contributed by atoms with Crippen molar-refractivity contribution in [2.24, 2.45) is 0 Å². The predicted octanol–water partition coefficient (Wildman–Crippen LogP) is 1.89. The van der Waals surface area contributed by atoms with Crippen molar-refractivity contribution in [3.63, 3.8) is 0 Å². The molecule has 2 rings (SSSR count). The van der Waals surface area contributed by atoms with Gasteiger partial charge >= 0.3 is 5.97 Å². The Morgan fingerprint density at radius 2 is 1.79 bits per heavy atom. The molecule has 0 aliphatic rings. The molecule has 1 heterocycles. The van der Waals surface area contributed by atoms with Crippen LogP contribution in [0.5, 0.6) is 0 Å². The summed E-state index contributed by atoms with van der Waals surface area (Å²) < 4.78 is 25.3. The van der Waals surface area contributed by atoms with E-state index < -0.39 is 15.8 Å². The molecule has 19 heavy (non-hydrogen) atoms. The zero-order chi connectivity index (χ0) is 14.2. The molecule has 0 atom stereocenters. The van der Waals surface area contributed by atoms with Crippen LogP contribution in [0.2, 0.25) is 0 Å². The number of carbonyl (C=O) groups is 1. The quantitative estimate of drug-likeness (QED) is 0.930. The summed E-state index contributed by atoms with van der Waals surface area (Å²) in [5.41, 5.74) is 0.968. The van der Waals surface area contributed by atoms with Crippen molar-refractivity contribution in [1.29, 1.82) is 0 Å². The number of nitrogens with zero attached hydrogens (tertiary/aromatic N) is 1. The second-order valence-corrected chi connectivity index (χ2v) is 6.29. The van der Waals surface area contributed by atoms with E-state index >= 15 is 0 Å². The first-order chi connectivity index (χ1) is 8.80. The number of carboxylic acid groups (broad SMARTS) is 1. The summed E-state index contributed by atoms with van der Waals surface area (Å²) in [5.74, 6) is -1.14. The molecule has 100 valence electrons. The smallest absolute Gasteiger partial charge is 0.335 e. The van der Waals surface area contributed by atoms with Crippen LogP contribution in [0.25, 0.3) is 5.69 Å². The van der Waals surface area contributed by atoms with Crippen LogP contribution in [0.4, 0.5) is 0 Å². The molecule has 1 aromatic heterocycles. The Balaban J connectivity index is 2.81. The van der Waals surface area contributed by atoms with Gasteiger partial charge in [-0.2, -0.15) is 0 Å². The lowest BCUT2D eigenvalue weighted by atomic mass is 10.1. The number of hydrogen-bond acceptors (Lipinski definition) is 3. The van der Waals surface area contributed by atoms with E-state index in [1.165, 1.54) is 6.07 Å². The highest BCUT2D eigenvalue weighted by Gasteiger charge is 2.19. The Bertz CT molecular complexity index is 730. The minimum Gasteiger partial charge on any atom is -0.478 e. The summed E-state index contributed by atoms with van der Waals surface area (Å²) >= 11 is 0. The van der Waals surface area contributed by atoms with E-state index in [-0.39, 0.29) is 10.5 Å². The molecule has 5 nitrogen and oxygen atoms in total. The third-order valence-corrected chi connectivity index (χ3v) is 3.94. The van der Waals surface area contributed by atoms with Crippen molar-refractivity contribution in [3.8, 4) is 5.69 Å². The van der Waals surface area contributed by atoms with Gasteiger partial charge in [-0.25, -0.2) is 13.2 Å². The van der Waals surface area contributed by atoms with Crippen molar-refractivity contribution < 1.29 is 18.3 Å². The Kier molecular flexibility index (Phi) is 3.20. The highest BCUT2D eigenvalue weighted by molar-refractivity contribution is 7.90. The van der Waals surface area contributed by atoms with Crippen molar-refractivity contribution in [2.75, 3.05) is 6.26 Å². The lowest BCUT2D eigenvalue weighted by Gasteiger charge is -2.12. The zero-order valence-corrected chi connectivity index (χ0v) is 11.3. The second kappa shape index (κ2) is 4.55. The SMILES string of the molecule is Cc1cc(-n2cccc2)c(S(C)(=O)=O)cc1C(=O)O. The molecule has 0 saturated heterocycles. The third-order valence-electron chi connectivity index (χ3n) is 2.82. The molecule has 6 heteroatoms. The van der Waals surface area contributed by atoms with Crippen LogP contribution < -0.4 is 0 Å². The molecule has 0 fully saturated rings. The summed E-state index contributed by atoms with van der Waals surface area (Å²) in [5, 5.41) is 9.08. The molecule has 0 amide bonds. The van der Waals surface area contributed by atoms with E-state index in [2.05, 4.69) is 0 Å². The van der Waals surface area contributed by atoms with Gasteiger partial charge in [0.25, 0.3) is 0 Å². The molecule has 2 aromatic rings. The van der Waals surface area contributed by atoms with Crippen LogP contribution in [-0.4, -0.2) is 30.3 Å². The number of sulfone groups is 1. The van der Waals surface area contributed by atoms with Crippen molar-refractivity contribution in [3.05, 3.63) is 47.8 Å². The molecule has 0 aliphatic carbocycles. The average molecular weight is 279 g/mol. The fourth-order valence-electron chi connectivity index (χ4n) is 1.90. The molecule has 0 unspecified atom stereocenters. The van der Waals surface area contributed by atoms with Crippen LogP contribution in [-0.2, 0) is 9.84 Å². The highest BCUT2D eigenvalue weighted by Crippen LogP contribution is 2.24. The van der Waals surface area contributed by atoms with Gasteiger partial charge in [0, 0.05) is 18.6 Å². The minimum absolute atomic E-state index is 0.00340. The molecular weight excluding hydrogens is 266 g/mol. The van der Waals surface area contributed by atoms with E-state index in [1.54, 1.807) is 42.1 Å². The Labute approximate surface area is 111 Å².